The van der Waals surface area contributed by atoms with Crippen molar-refractivity contribution in [3.63, 3.8) is 0 Å². The van der Waals surface area contributed by atoms with Crippen LogP contribution in [0.15, 0.2) is 47.4 Å². The fourth-order valence-corrected chi connectivity index (χ4v) is 2.33. The lowest BCUT2D eigenvalue weighted by molar-refractivity contribution is 0.598. The molecule has 0 bridgehead atoms. The van der Waals surface area contributed by atoms with E-state index in [1.165, 1.54) is 36.4 Å². The van der Waals surface area contributed by atoms with E-state index in [9.17, 15) is 12.8 Å². The maximum Gasteiger partial charge on any atom is 0.240 e. The first kappa shape index (κ1) is 13.3. The number of benzene rings is 2. The van der Waals surface area contributed by atoms with E-state index in [0.29, 0.717) is 5.69 Å². The van der Waals surface area contributed by atoms with Gasteiger partial charge in [-0.2, -0.15) is 0 Å². The standard InChI is InChI=1S/C12H12FN3O2S/c13-8-2-1-3-10(6-8)16-11-5-4-9(14)7-12(11)19(15,17)18/h1-7,16H,14H2,(H2,15,17,18). The van der Waals surface area contributed by atoms with Gasteiger partial charge in [-0.25, -0.2) is 17.9 Å². The summed E-state index contributed by atoms with van der Waals surface area (Å²) in [6.45, 7) is 0. The summed E-state index contributed by atoms with van der Waals surface area (Å²) < 4.78 is 36.0. The maximum absolute atomic E-state index is 13.1. The van der Waals surface area contributed by atoms with Gasteiger partial charge in [0.1, 0.15) is 10.7 Å². The summed E-state index contributed by atoms with van der Waals surface area (Å²) in [5.41, 5.74) is 6.46. The van der Waals surface area contributed by atoms with Crippen molar-refractivity contribution in [3.05, 3.63) is 48.3 Å². The molecule has 0 spiro atoms. The predicted molar refractivity (Wildman–Crippen MR) is 71.9 cm³/mol. The number of primary sulfonamides is 1. The van der Waals surface area contributed by atoms with Crippen molar-refractivity contribution in [3.8, 4) is 0 Å². The monoisotopic (exact) mass is 281 g/mol. The topological polar surface area (TPSA) is 98.2 Å². The van der Waals surface area contributed by atoms with Crippen molar-refractivity contribution >= 4 is 27.1 Å². The molecule has 0 fully saturated rings. The van der Waals surface area contributed by atoms with Crippen molar-refractivity contribution in [2.45, 2.75) is 4.90 Å². The highest BCUT2D eigenvalue weighted by molar-refractivity contribution is 7.89. The van der Waals surface area contributed by atoms with Gasteiger partial charge in [0.05, 0.1) is 5.69 Å². The number of nitrogens with two attached hydrogens (primary N) is 2. The van der Waals surface area contributed by atoms with Gasteiger partial charge in [-0.3, -0.25) is 0 Å². The van der Waals surface area contributed by atoms with Gasteiger partial charge in [-0.15, -0.1) is 0 Å². The van der Waals surface area contributed by atoms with E-state index >= 15 is 0 Å². The van der Waals surface area contributed by atoms with Crippen molar-refractivity contribution in [1.29, 1.82) is 0 Å². The Balaban J connectivity index is 2.46. The number of hydrogen-bond acceptors (Lipinski definition) is 4. The highest BCUT2D eigenvalue weighted by Gasteiger charge is 2.14. The minimum absolute atomic E-state index is 0.142. The molecule has 2 aromatic rings. The predicted octanol–water partition coefficient (Wildman–Crippen LogP) is 1.80. The molecule has 5 N–H and O–H groups in total. The van der Waals surface area contributed by atoms with Crippen LogP contribution in [0.1, 0.15) is 0 Å². The molecule has 0 radical (unpaired) electrons. The summed E-state index contributed by atoms with van der Waals surface area (Å²) in [6.07, 6.45) is 0. The molecule has 0 heterocycles. The van der Waals surface area contributed by atoms with Crippen LogP contribution < -0.4 is 16.2 Å². The highest BCUT2D eigenvalue weighted by Crippen LogP contribution is 2.26. The minimum Gasteiger partial charge on any atom is -0.399 e. The first-order chi connectivity index (χ1) is 8.86. The molecule has 0 saturated heterocycles. The van der Waals surface area contributed by atoms with E-state index in [-0.39, 0.29) is 16.3 Å². The third kappa shape index (κ3) is 3.21. The van der Waals surface area contributed by atoms with E-state index < -0.39 is 15.8 Å². The van der Waals surface area contributed by atoms with Gasteiger partial charge in [0.25, 0.3) is 0 Å². The third-order valence-corrected chi connectivity index (χ3v) is 3.37. The van der Waals surface area contributed by atoms with Crippen molar-refractivity contribution < 1.29 is 12.8 Å². The number of hydrogen-bond donors (Lipinski definition) is 3. The molecular weight excluding hydrogens is 269 g/mol. The van der Waals surface area contributed by atoms with Gasteiger partial charge in [0.15, 0.2) is 0 Å². The normalized spacial score (nSPS) is 11.3. The maximum atomic E-state index is 13.1. The lowest BCUT2D eigenvalue weighted by Crippen LogP contribution is -2.14. The van der Waals surface area contributed by atoms with Crippen LogP contribution in [0.25, 0.3) is 0 Å². The molecule has 19 heavy (non-hydrogen) atoms. The molecule has 0 atom stereocenters. The van der Waals surface area contributed by atoms with Crippen LogP contribution >= 0.6 is 0 Å². The zero-order chi connectivity index (χ0) is 14.0. The summed E-state index contributed by atoms with van der Waals surface area (Å²) in [6, 6.07) is 9.88. The second kappa shape index (κ2) is 4.87. The van der Waals surface area contributed by atoms with Gasteiger partial charge in [-0.05, 0) is 36.4 Å². The van der Waals surface area contributed by atoms with Crippen LogP contribution in [-0.4, -0.2) is 8.42 Å². The molecule has 2 rings (SSSR count). The van der Waals surface area contributed by atoms with Crippen LogP contribution in [0, 0.1) is 5.82 Å². The molecule has 0 aliphatic rings. The van der Waals surface area contributed by atoms with E-state index in [1.807, 2.05) is 0 Å². The molecule has 7 heteroatoms. The Morgan fingerprint density at radius 2 is 1.84 bits per heavy atom. The van der Waals surface area contributed by atoms with Gasteiger partial charge in [0.2, 0.25) is 10.0 Å². The Kier molecular flexibility index (Phi) is 3.41. The van der Waals surface area contributed by atoms with Crippen LogP contribution in [-0.2, 0) is 10.0 Å². The number of nitrogens with one attached hydrogen (secondary N) is 1. The average molecular weight is 281 g/mol. The van der Waals surface area contributed by atoms with Gasteiger partial charge >= 0.3 is 0 Å². The summed E-state index contributed by atoms with van der Waals surface area (Å²) in [4.78, 5) is -0.142. The summed E-state index contributed by atoms with van der Waals surface area (Å²) in [5.74, 6) is -0.433. The summed E-state index contributed by atoms with van der Waals surface area (Å²) in [7, 11) is -3.92. The lowest BCUT2D eigenvalue weighted by atomic mass is 10.2. The van der Waals surface area contributed by atoms with Crippen molar-refractivity contribution in [2.24, 2.45) is 5.14 Å². The van der Waals surface area contributed by atoms with Gasteiger partial charge < -0.3 is 11.1 Å². The fourth-order valence-electron chi connectivity index (χ4n) is 1.60. The van der Waals surface area contributed by atoms with Gasteiger partial charge in [0, 0.05) is 11.4 Å². The number of nitrogen functional groups attached to an aromatic ring is 1. The van der Waals surface area contributed by atoms with Crippen LogP contribution in [0.4, 0.5) is 21.5 Å². The van der Waals surface area contributed by atoms with E-state index in [2.05, 4.69) is 5.32 Å². The summed E-state index contributed by atoms with van der Waals surface area (Å²) >= 11 is 0. The molecule has 0 amide bonds. The molecule has 0 aliphatic carbocycles. The Bertz CT molecular complexity index is 717. The van der Waals surface area contributed by atoms with Crippen LogP contribution in [0.3, 0.4) is 0 Å². The van der Waals surface area contributed by atoms with E-state index in [1.54, 1.807) is 6.07 Å². The molecule has 0 saturated carbocycles. The second-order valence-electron chi connectivity index (χ2n) is 3.94. The molecular formula is C12H12FN3O2S. The fraction of sp³-hybridized carbons (Fsp3) is 0. The Morgan fingerprint density at radius 1 is 1.11 bits per heavy atom. The number of sulfonamides is 1. The minimum atomic E-state index is -3.92. The molecule has 100 valence electrons. The van der Waals surface area contributed by atoms with Crippen LogP contribution in [0.2, 0.25) is 0 Å². The largest absolute Gasteiger partial charge is 0.399 e. The molecule has 5 nitrogen and oxygen atoms in total. The van der Waals surface area contributed by atoms with E-state index in [0.717, 1.165) is 0 Å². The number of anilines is 3. The second-order valence-corrected chi connectivity index (χ2v) is 5.47. The van der Waals surface area contributed by atoms with Crippen LogP contribution in [0.5, 0.6) is 0 Å². The average Bonchev–Trinajstić information content (AvgIpc) is 2.30. The first-order valence-corrected chi connectivity index (χ1v) is 6.86. The quantitative estimate of drug-likeness (QED) is 0.747. The van der Waals surface area contributed by atoms with Crippen molar-refractivity contribution in [2.75, 3.05) is 11.1 Å². The molecule has 0 aromatic heterocycles. The number of halogens is 1. The third-order valence-electron chi connectivity index (χ3n) is 2.42. The lowest BCUT2D eigenvalue weighted by Gasteiger charge is -2.11. The zero-order valence-corrected chi connectivity index (χ0v) is 10.6. The molecule has 0 aliphatic heterocycles. The van der Waals surface area contributed by atoms with Crippen molar-refractivity contribution in [1.82, 2.24) is 0 Å². The Labute approximate surface area is 110 Å². The summed E-state index contributed by atoms with van der Waals surface area (Å²) in [5, 5.41) is 7.90. The zero-order valence-electron chi connectivity index (χ0n) is 9.80. The number of rotatable bonds is 3. The van der Waals surface area contributed by atoms with Gasteiger partial charge in [-0.1, -0.05) is 6.07 Å². The Morgan fingerprint density at radius 3 is 2.47 bits per heavy atom. The molecule has 2 aromatic carbocycles. The van der Waals surface area contributed by atoms with E-state index in [4.69, 9.17) is 10.9 Å². The smallest absolute Gasteiger partial charge is 0.240 e. The molecule has 0 unspecified atom stereocenters. The highest BCUT2D eigenvalue weighted by atomic mass is 32.2. The SMILES string of the molecule is Nc1ccc(Nc2cccc(F)c2)c(S(N)(=O)=O)c1. The first-order valence-electron chi connectivity index (χ1n) is 5.31. The Hall–Kier alpha value is -2.12.